The lowest BCUT2D eigenvalue weighted by Gasteiger charge is -2.24. The molecular formula is C28H28N4O2. The summed E-state index contributed by atoms with van der Waals surface area (Å²) >= 11 is 0. The molecule has 0 bridgehead atoms. The average molecular weight is 453 g/mol. The molecule has 1 saturated heterocycles. The van der Waals surface area contributed by atoms with Crippen molar-refractivity contribution >= 4 is 16.7 Å². The maximum atomic E-state index is 12.9. The summed E-state index contributed by atoms with van der Waals surface area (Å²) in [5, 5.41) is 12.0. The summed E-state index contributed by atoms with van der Waals surface area (Å²) < 4.78 is 8.02. The highest BCUT2D eigenvalue weighted by Gasteiger charge is 2.15. The van der Waals surface area contributed by atoms with Gasteiger partial charge in [0.05, 0.1) is 12.1 Å². The van der Waals surface area contributed by atoms with Gasteiger partial charge >= 0.3 is 0 Å². The molecule has 0 saturated carbocycles. The van der Waals surface area contributed by atoms with Crippen LogP contribution in [-0.2, 0) is 6.54 Å². The zero-order valence-electron chi connectivity index (χ0n) is 19.0. The van der Waals surface area contributed by atoms with Crippen LogP contribution in [0.4, 0.5) is 0 Å². The van der Waals surface area contributed by atoms with Crippen LogP contribution in [0.1, 0.15) is 24.0 Å². The Bertz CT molecular complexity index is 1390. The van der Waals surface area contributed by atoms with Crippen molar-refractivity contribution in [3.05, 3.63) is 100 Å². The van der Waals surface area contributed by atoms with Crippen molar-refractivity contribution in [2.45, 2.75) is 25.5 Å². The maximum absolute atomic E-state index is 12.9. The fourth-order valence-electron chi connectivity index (χ4n) is 4.56. The number of nitrogens with two attached hydrogens (primary N) is 1. The van der Waals surface area contributed by atoms with Gasteiger partial charge in [0, 0.05) is 17.0 Å². The highest BCUT2D eigenvalue weighted by Crippen LogP contribution is 2.27. The molecule has 4 N–H and O–H groups in total. The van der Waals surface area contributed by atoms with E-state index in [1.54, 1.807) is 6.07 Å². The topological polar surface area (TPSA) is 93.1 Å². The van der Waals surface area contributed by atoms with Gasteiger partial charge in [-0.15, -0.1) is 0 Å². The van der Waals surface area contributed by atoms with Crippen molar-refractivity contribution in [3.8, 4) is 16.9 Å². The number of rotatable bonds is 6. The van der Waals surface area contributed by atoms with E-state index in [1.165, 1.54) is 0 Å². The Morgan fingerprint density at radius 1 is 1.00 bits per heavy atom. The Morgan fingerprint density at radius 2 is 1.76 bits per heavy atom. The van der Waals surface area contributed by atoms with Gasteiger partial charge in [0.25, 0.3) is 5.56 Å². The van der Waals surface area contributed by atoms with Crippen molar-refractivity contribution < 1.29 is 4.74 Å². The standard InChI is InChI=1S/C28H28N4O2/c29-28(30)20-7-5-19(6-8-20)25-4-2-1-3-22(25)18-32-26-11-10-24(17-21(26)9-12-27(32)33)34-23-13-15-31-16-14-23/h1-12,17,23,31H,13-16,18H2,(H3,29,30). The number of aromatic nitrogens is 1. The fourth-order valence-corrected chi connectivity index (χ4v) is 4.56. The zero-order chi connectivity index (χ0) is 23.5. The highest BCUT2D eigenvalue weighted by atomic mass is 16.5. The third-order valence-electron chi connectivity index (χ3n) is 6.40. The normalized spacial score (nSPS) is 14.2. The molecule has 0 aliphatic carbocycles. The molecule has 0 amide bonds. The molecule has 6 heteroatoms. The molecule has 1 fully saturated rings. The number of amidine groups is 1. The Labute approximate surface area is 198 Å². The van der Waals surface area contributed by atoms with Gasteiger partial charge in [0.15, 0.2) is 0 Å². The number of nitrogens with zero attached hydrogens (tertiary/aromatic N) is 1. The lowest BCUT2D eigenvalue weighted by molar-refractivity contribution is 0.162. The van der Waals surface area contributed by atoms with Gasteiger partial charge in [-0.2, -0.15) is 0 Å². The molecule has 34 heavy (non-hydrogen) atoms. The summed E-state index contributed by atoms with van der Waals surface area (Å²) in [4.78, 5) is 12.9. The van der Waals surface area contributed by atoms with E-state index in [0.717, 1.165) is 59.3 Å². The van der Waals surface area contributed by atoms with E-state index >= 15 is 0 Å². The number of pyridine rings is 1. The molecule has 172 valence electrons. The van der Waals surface area contributed by atoms with Crippen molar-refractivity contribution in [1.29, 1.82) is 5.41 Å². The number of ether oxygens (including phenoxy) is 1. The molecular weight excluding hydrogens is 424 g/mol. The number of benzene rings is 3. The summed E-state index contributed by atoms with van der Waals surface area (Å²) in [6.45, 7) is 2.42. The van der Waals surface area contributed by atoms with Crippen LogP contribution < -0.4 is 21.3 Å². The number of hydrogen-bond acceptors (Lipinski definition) is 4. The number of hydrogen-bond donors (Lipinski definition) is 3. The van der Waals surface area contributed by atoms with E-state index in [0.29, 0.717) is 12.1 Å². The second-order valence-electron chi connectivity index (χ2n) is 8.69. The number of nitrogens with one attached hydrogen (secondary N) is 2. The van der Waals surface area contributed by atoms with E-state index in [9.17, 15) is 4.79 Å². The summed E-state index contributed by atoms with van der Waals surface area (Å²) in [6.07, 6.45) is 2.23. The van der Waals surface area contributed by atoms with Gasteiger partial charge in [0.1, 0.15) is 17.7 Å². The van der Waals surface area contributed by atoms with Gasteiger partial charge in [-0.1, -0.05) is 48.5 Å². The largest absolute Gasteiger partial charge is 0.490 e. The van der Waals surface area contributed by atoms with Crippen LogP contribution in [0, 0.1) is 5.41 Å². The minimum atomic E-state index is -0.0405. The van der Waals surface area contributed by atoms with E-state index in [2.05, 4.69) is 11.4 Å². The first-order valence-corrected chi connectivity index (χ1v) is 11.6. The molecule has 6 nitrogen and oxygen atoms in total. The molecule has 3 aromatic carbocycles. The first kappa shape index (κ1) is 21.9. The van der Waals surface area contributed by atoms with E-state index in [4.69, 9.17) is 15.9 Å². The van der Waals surface area contributed by atoms with E-state index < -0.39 is 0 Å². The minimum Gasteiger partial charge on any atom is -0.490 e. The molecule has 2 heterocycles. The smallest absolute Gasteiger partial charge is 0.251 e. The summed E-state index contributed by atoms with van der Waals surface area (Å²) in [6, 6.07) is 25.2. The third-order valence-corrected chi connectivity index (χ3v) is 6.40. The Hall–Kier alpha value is -3.90. The molecule has 0 unspecified atom stereocenters. The monoisotopic (exact) mass is 452 g/mol. The molecule has 5 rings (SSSR count). The second-order valence-corrected chi connectivity index (χ2v) is 8.69. The molecule has 1 aromatic heterocycles. The fraction of sp³-hybridized carbons (Fsp3) is 0.214. The zero-order valence-corrected chi connectivity index (χ0v) is 19.0. The second kappa shape index (κ2) is 9.53. The van der Waals surface area contributed by atoms with Crippen molar-refractivity contribution in [1.82, 2.24) is 9.88 Å². The average Bonchev–Trinajstić information content (AvgIpc) is 2.87. The van der Waals surface area contributed by atoms with Crippen LogP contribution in [-0.4, -0.2) is 29.6 Å². The predicted molar refractivity (Wildman–Crippen MR) is 137 cm³/mol. The van der Waals surface area contributed by atoms with E-state index in [1.807, 2.05) is 71.3 Å². The van der Waals surface area contributed by atoms with Gasteiger partial charge in [-0.25, -0.2) is 0 Å². The summed E-state index contributed by atoms with van der Waals surface area (Å²) in [5.74, 6) is 0.890. The summed E-state index contributed by atoms with van der Waals surface area (Å²) in [7, 11) is 0. The van der Waals surface area contributed by atoms with Gasteiger partial charge in [0.2, 0.25) is 0 Å². The van der Waals surface area contributed by atoms with Gasteiger partial charge in [-0.3, -0.25) is 10.2 Å². The van der Waals surface area contributed by atoms with Crippen molar-refractivity contribution in [3.63, 3.8) is 0 Å². The Balaban J connectivity index is 1.47. The maximum Gasteiger partial charge on any atom is 0.251 e. The lowest BCUT2D eigenvalue weighted by Crippen LogP contribution is -2.34. The number of piperidine rings is 1. The Morgan fingerprint density at radius 3 is 2.53 bits per heavy atom. The lowest BCUT2D eigenvalue weighted by atomic mass is 9.98. The number of fused-ring (bicyclic) bond motifs is 1. The van der Waals surface area contributed by atoms with Crippen LogP contribution in [0.15, 0.2) is 83.7 Å². The molecule has 0 radical (unpaired) electrons. The van der Waals surface area contributed by atoms with Crippen LogP contribution >= 0.6 is 0 Å². The molecule has 0 atom stereocenters. The molecule has 1 aliphatic rings. The Kier molecular flexibility index (Phi) is 6.14. The van der Waals surface area contributed by atoms with Gasteiger partial charge in [-0.05, 0) is 66.9 Å². The van der Waals surface area contributed by atoms with Crippen molar-refractivity contribution in [2.75, 3.05) is 13.1 Å². The quantitative estimate of drug-likeness (QED) is 0.303. The highest BCUT2D eigenvalue weighted by molar-refractivity contribution is 5.95. The number of nitrogen functional groups attached to an aromatic ring is 1. The molecule has 4 aromatic rings. The van der Waals surface area contributed by atoms with Gasteiger partial charge < -0.3 is 20.4 Å². The van der Waals surface area contributed by atoms with Crippen LogP contribution in [0.25, 0.3) is 22.0 Å². The van der Waals surface area contributed by atoms with Crippen LogP contribution in [0.2, 0.25) is 0 Å². The van der Waals surface area contributed by atoms with Crippen LogP contribution in [0.5, 0.6) is 5.75 Å². The SMILES string of the molecule is N=C(N)c1ccc(-c2ccccc2Cn2c(=O)ccc3cc(OC4CCNCC4)ccc32)cc1. The van der Waals surface area contributed by atoms with E-state index in [-0.39, 0.29) is 17.5 Å². The minimum absolute atomic E-state index is 0.0405. The van der Waals surface area contributed by atoms with Crippen LogP contribution in [0.3, 0.4) is 0 Å². The first-order valence-electron chi connectivity index (χ1n) is 11.6. The molecule has 1 aliphatic heterocycles. The predicted octanol–water partition coefficient (Wildman–Crippen LogP) is 4.13. The first-order chi connectivity index (χ1) is 16.6. The molecule has 0 spiro atoms. The van der Waals surface area contributed by atoms with Crippen molar-refractivity contribution in [2.24, 2.45) is 5.73 Å². The third kappa shape index (κ3) is 4.58. The summed E-state index contributed by atoms with van der Waals surface area (Å²) in [5.41, 5.74) is 10.2.